The van der Waals surface area contributed by atoms with Crippen LogP contribution in [0.5, 0.6) is 23.0 Å². The molecule has 0 amide bonds. The first-order chi connectivity index (χ1) is 35.4. The van der Waals surface area contributed by atoms with Gasteiger partial charge in [-0.2, -0.15) is 0 Å². The molecule has 2 aliphatic rings. The van der Waals surface area contributed by atoms with Crippen LogP contribution in [0.25, 0.3) is 134 Å². The predicted octanol–water partition coefficient (Wildman–Crippen LogP) is 16.0. The number of nitrogens with one attached hydrogen (secondary N) is 2. The SMILES string of the molecule is COc1ccc2cc(-c3c4nc(c(-c5ccc6cc(OC)ccc6c5)c5ccc([nH]5)c(-c5ccc6cc(OC)ccc6c5)c5nc(c(-c6ccc7cc(OC)ccc7c6)c6ccc3[nH]6)C=C5)C=C4)ccc2c1. The van der Waals surface area contributed by atoms with Gasteiger partial charge in [0.1, 0.15) is 23.0 Å². The van der Waals surface area contributed by atoms with Crippen LogP contribution in [-0.2, 0) is 0 Å². The second-order valence-electron chi connectivity index (χ2n) is 18.2. The van der Waals surface area contributed by atoms with Gasteiger partial charge in [-0.15, -0.1) is 0 Å². The molecule has 72 heavy (non-hydrogen) atoms. The summed E-state index contributed by atoms with van der Waals surface area (Å²) >= 11 is 0. The van der Waals surface area contributed by atoms with Crippen molar-refractivity contribution in [3.05, 3.63) is 193 Å². The minimum Gasteiger partial charge on any atom is -0.497 e. The first kappa shape index (κ1) is 42.7. The van der Waals surface area contributed by atoms with Crippen molar-refractivity contribution in [3.8, 4) is 67.5 Å². The lowest BCUT2D eigenvalue weighted by atomic mass is 9.99. The van der Waals surface area contributed by atoms with Crippen LogP contribution in [0.2, 0.25) is 0 Å². The van der Waals surface area contributed by atoms with Crippen LogP contribution in [0.4, 0.5) is 0 Å². The highest BCUT2D eigenvalue weighted by Gasteiger charge is 2.20. The molecule has 8 aromatic carbocycles. The van der Waals surface area contributed by atoms with Gasteiger partial charge in [0.15, 0.2) is 0 Å². The molecule has 8 nitrogen and oxygen atoms in total. The lowest BCUT2D eigenvalue weighted by molar-refractivity contribution is 0.415. The Morgan fingerprint density at radius 2 is 0.486 bits per heavy atom. The van der Waals surface area contributed by atoms with Crippen molar-refractivity contribution in [1.29, 1.82) is 0 Å². The maximum absolute atomic E-state index is 5.60. The van der Waals surface area contributed by atoms with Crippen molar-refractivity contribution < 1.29 is 18.9 Å². The van der Waals surface area contributed by atoms with Gasteiger partial charge in [0, 0.05) is 44.3 Å². The molecule has 0 radical (unpaired) electrons. The fraction of sp³-hybridized carbons (Fsp3) is 0.0625. The van der Waals surface area contributed by atoms with Gasteiger partial charge in [0.05, 0.1) is 51.2 Å². The van der Waals surface area contributed by atoms with E-state index in [0.717, 1.165) is 155 Å². The van der Waals surface area contributed by atoms with Crippen LogP contribution in [0.15, 0.2) is 170 Å². The Balaban J connectivity index is 1.15. The lowest BCUT2D eigenvalue weighted by Gasteiger charge is -2.10. The van der Waals surface area contributed by atoms with Gasteiger partial charge in [-0.25, -0.2) is 9.97 Å². The summed E-state index contributed by atoms with van der Waals surface area (Å²) in [5, 5.41) is 8.73. The number of nitrogens with zero attached hydrogens (tertiary/aromatic N) is 2. The van der Waals surface area contributed by atoms with Crippen molar-refractivity contribution in [2.75, 3.05) is 28.4 Å². The van der Waals surface area contributed by atoms with Gasteiger partial charge < -0.3 is 28.9 Å². The fourth-order valence-electron chi connectivity index (χ4n) is 10.4. The van der Waals surface area contributed by atoms with E-state index in [9.17, 15) is 0 Å². The number of ether oxygens (including phenoxy) is 4. The Bertz CT molecular complexity index is 3750. The highest BCUT2D eigenvalue weighted by Crippen LogP contribution is 2.41. The minimum absolute atomic E-state index is 0.815. The number of aromatic nitrogens is 4. The second kappa shape index (κ2) is 17.2. The maximum Gasteiger partial charge on any atom is 0.119 e. The van der Waals surface area contributed by atoms with E-state index in [1.54, 1.807) is 28.4 Å². The third-order valence-electron chi connectivity index (χ3n) is 14.1. The number of H-pyrrole nitrogens is 2. The number of methoxy groups -OCH3 is 4. The summed E-state index contributed by atoms with van der Waals surface area (Å²) < 4.78 is 22.4. The Morgan fingerprint density at radius 1 is 0.264 bits per heavy atom. The normalized spacial score (nSPS) is 12.1. The molecule has 2 N–H and O–H groups in total. The van der Waals surface area contributed by atoms with Gasteiger partial charge in [-0.3, -0.25) is 0 Å². The molecule has 13 rings (SSSR count). The van der Waals surface area contributed by atoms with Crippen LogP contribution < -0.4 is 18.9 Å². The van der Waals surface area contributed by atoms with Crippen molar-refractivity contribution in [1.82, 2.24) is 19.9 Å². The predicted molar refractivity (Wildman–Crippen MR) is 297 cm³/mol. The summed E-state index contributed by atoms with van der Waals surface area (Å²) in [5.41, 5.74) is 15.0. The number of aromatic amines is 2. The molecule has 0 unspecified atom stereocenters. The van der Waals surface area contributed by atoms with E-state index in [-0.39, 0.29) is 0 Å². The van der Waals surface area contributed by atoms with E-state index in [1.165, 1.54) is 0 Å². The van der Waals surface area contributed by atoms with Crippen molar-refractivity contribution >= 4 is 89.5 Å². The Morgan fingerprint density at radius 3 is 0.722 bits per heavy atom. The summed E-state index contributed by atoms with van der Waals surface area (Å²) in [7, 11) is 6.80. The smallest absolute Gasteiger partial charge is 0.119 e. The molecule has 11 aromatic rings. The van der Waals surface area contributed by atoms with E-state index in [2.05, 4.69) is 180 Å². The van der Waals surface area contributed by atoms with Gasteiger partial charge >= 0.3 is 0 Å². The average Bonchev–Trinajstić information content (AvgIpc) is 4.29. The molecular formula is C64H46N4O4. The summed E-state index contributed by atoms with van der Waals surface area (Å²) in [6.45, 7) is 0. The quantitative estimate of drug-likeness (QED) is 0.158. The summed E-state index contributed by atoms with van der Waals surface area (Å²) in [6, 6.07) is 59.8. The van der Waals surface area contributed by atoms with E-state index >= 15 is 0 Å². The Hall–Kier alpha value is -9.40. The monoisotopic (exact) mass is 934 g/mol. The van der Waals surface area contributed by atoms with Crippen LogP contribution in [0.1, 0.15) is 22.8 Å². The minimum atomic E-state index is 0.815. The first-order valence-electron chi connectivity index (χ1n) is 23.9. The number of hydrogen-bond donors (Lipinski definition) is 2. The number of benzene rings is 8. The van der Waals surface area contributed by atoms with Gasteiger partial charge in [0.2, 0.25) is 0 Å². The summed E-state index contributed by atoms with van der Waals surface area (Å²) in [5.74, 6) is 3.26. The zero-order chi connectivity index (χ0) is 48.5. The van der Waals surface area contributed by atoms with Crippen LogP contribution in [0, 0.1) is 0 Å². The second-order valence-corrected chi connectivity index (χ2v) is 18.2. The lowest BCUT2D eigenvalue weighted by Crippen LogP contribution is -1.90. The number of hydrogen-bond acceptors (Lipinski definition) is 6. The molecule has 0 saturated carbocycles. The molecule has 5 heterocycles. The standard InChI is InChI=1S/C64H46N4O4/c1-69-49-17-13-37-29-45(9-5-41(37)33-49)61-53-21-23-55(65-53)62(46-10-6-42-34-50(70-2)18-14-38(42)30-46)57-25-27-59(67-57)64(48-12-8-44-36-52(72-4)20-16-40(44)32-48)60-28-26-58(68-60)63(56-24-22-54(61)66-56)47-11-7-43-35-51(71-3)19-15-39(43)31-47/h5-36,65,68H,1-4H3. The van der Waals surface area contributed by atoms with Crippen LogP contribution >= 0.6 is 0 Å². The Kier molecular flexibility index (Phi) is 10.2. The van der Waals surface area contributed by atoms with Crippen LogP contribution in [0.3, 0.4) is 0 Å². The molecule has 8 heteroatoms. The molecule has 346 valence electrons. The van der Waals surface area contributed by atoms with Crippen LogP contribution in [-0.4, -0.2) is 48.4 Å². The zero-order valence-corrected chi connectivity index (χ0v) is 40.0. The van der Waals surface area contributed by atoms with Gasteiger partial charge in [-0.1, -0.05) is 72.8 Å². The van der Waals surface area contributed by atoms with E-state index < -0.39 is 0 Å². The van der Waals surface area contributed by atoms with Gasteiger partial charge in [0.25, 0.3) is 0 Å². The molecule has 2 aliphatic heterocycles. The topological polar surface area (TPSA) is 94.3 Å². The largest absolute Gasteiger partial charge is 0.497 e. The number of fused-ring (bicyclic) bond motifs is 12. The molecule has 0 saturated heterocycles. The number of rotatable bonds is 8. The van der Waals surface area contributed by atoms with Crippen molar-refractivity contribution in [2.24, 2.45) is 0 Å². The molecule has 8 bridgehead atoms. The Labute approximate surface area is 415 Å². The van der Waals surface area contributed by atoms with E-state index in [4.69, 9.17) is 28.9 Å². The van der Waals surface area contributed by atoms with Gasteiger partial charge in [-0.05, 0) is 187 Å². The molecule has 0 aliphatic carbocycles. The average molecular weight is 935 g/mol. The molecule has 0 spiro atoms. The van der Waals surface area contributed by atoms with Crippen molar-refractivity contribution in [2.45, 2.75) is 0 Å². The first-order valence-corrected chi connectivity index (χ1v) is 23.9. The highest BCUT2D eigenvalue weighted by molar-refractivity contribution is 6.03. The molecule has 0 fully saturated rings. The fourth-order valence-corrected chi connectivity index (χ4v) is 10.4. The van der Waals surface area contributed by atoms with E-state index in [1.807, 2.05) is 24.3 Å². The zero-order valence-electron chi connectivity index (χ0n) is 40.0. The third-order valence-corrected chi connectivity index (χ3v) is 14.1. The molecule has 0 atom stereocenters. The van der Waals surface area contributed by atoms with E-state index in [0.29, 0.717) is 0 Å². The van der Waals surface area contributed by atoms with Crippen molar-refractivity contribution in [3.63, 3.8) is 0 Å². The summed E-state index contributed by atoms with van der Waals surface area (Å²) in [6.07, 6.45) is 8.58. The third kappa shape index (κ3) is 7.40. The summed E-state index contributed by atoms with van der Waals surface area (Å²) in [4.78, 5) is 19.1. The molecule has 3 aromatic heterocycles. The highest BCUT2D eigenvalue weighted by atomic mass is 16.5. The maximum atomic E-state index is 5.60. The molecular weight excluding hydrogens is 889 g/mol.